The number of unbranched alkanes of at least 4 members (excludes halogenated alkanes) is 15. The Morgan fingerprint density at radius 1 is 0.619 bits per heavy atom. The lowest BCUT2D eigenvalue weighted by Crippen LogP contribution is -2.27. The molecule has 0 spiro atoms. The van der Waals surface area contributed by atoms with E-state index in [9.17, 15) is 9.90 Å². The van der Waals surface area contributed by atoms with Crippen molar-refractivity contribution in [1.82, 2.24) is 0 Å². The van der Waals surface area contributed by atoms with Gasteiger partial charge in [0.1, 0.15) is 5.75 Å². The Balaban J connectivity index is 2.39. The summed E-state index contributed by atoms with van der Waals surface area (Å²) in [5.74, 6) is 0.299. The lowest BCUT2D eigenvalue weighted by atomic mass is 9.69. The second-order valence-corrected chi connectivity index (χ2v) is 16.0. The average Bonchev–Trinajstić information content (AvgIpc) is 2.87. The molecular weight excluding hydrogens is 516 g/mol. The molecule has 0 amide bonds. The largest absolute Gasteiger partial charge is 0.507 e. The van der Waals surface area contributed by atoms with E-state index < -0.39 is 0 Å². The first-order valence-corrected chi connectivity index (χ1v) is 17.7. The smallest absolute Gasteiger partial charge is 0.306 e. The summed E-state index contributed by atoms with van der Waals surface area (Å²) in [6, 6.07) is 2.15. The number of rotatable bonds is 20. The number of benzene rings is 1. The monoisotopic (exact) mass is 587 g/mol. The van der Waals surface area contributed by atoms with Gasteiger partial charge in [0, 0.05) is 12.0 Å². The van der Waals surface area contributed by atoms with Crippen LogP contribution in [0.4, 0.5) is 0 Å². The molecule has 0 bridgehead atoms. The maximum atomic E-state index is 12.7. The first-order chi connectivity index (χ1) is 19.6. The minimum Gasteiger partial charge on any atom is -0.507 e. The second-order valence-electron chi connectivity index (χ2n) is 16.0. The van der Waals surface area contributed by atoms with Gasteiger partial charge in [0.15, 0.2) is 0 Å². The number of carbonyl (C=O) groups excluding carboxylic acids is 1. The lowest BCUT2D eigenvalue weighted by Gasteiger charge is -2.36. The molecule has 1 rings (SSSR count). The molecule has 0 aliphatic carbocycles. The van der Waals surface area contributed by atoms with Gasteiger partial charge in [0.25, 0.3) is 0 Å². The molecule has 1 N–H and O–H groups in total. The van der Waals surface area contributed by atoms with Crippen molar-refractivity contribution in [2.75, 3.05) is 6.61 Å². The summed E-state index contributed by atoms with van der Waals surface area (Å²) in [5.41, 5.74) is 3.75. The molecule has 0 heterocycles. The zero-order valence-electron chi connectivity index (χ0n) is 29.8. The molecule has 0 radical (unpaired) electrons. The minimum atomic E-state index is -0.212. The van der Waals surface area contributed by atoms with Crippen molar-refractivity contribution in [2.24, 2.45) is 0 Å². The van der Waals surface area contributed by atoms with Gasteiger partial charge in [-0.25, -0.2) is 0 Å². The Morgan fingerprint density at radius 3 is 1.40 bits per heavy atom. The van der Waals surface area contributed by atoms with Crippen molar-refractivity contribution in [3.8, 4) is 5.75 Å². The summed E-state index contributed by atoms with van der Waals surface area (Å²) in [4.78, 5) is 12.7. The molecule has 3 nitrogen and oxygen atoms in total. The molecule has 0 saturated heterocycles. The van der Waals surface area contributed by atoms with E-state index in [-0.39, 0.29) is 22.2 Å². The van der Waals surface area contributed by atoms with Crippen molar-refractivity contribution >= 4 is 5.97 Å². The Morgan fingerprint density at radius 2 is 1.02 bits per heavy atom. The van der Waals surface area contributed by atoms with Crippen molar-refractivity contribution in [2.45, 2.75) is 201 Å². The Bertz CT molecular complexity index is 892. The van der Waals surface area contributed by atoms with Gasteiger partial charge >= 0.3 is 5.97 Å². The molecule has 0 atom stereocenters. The van der Waals surface area contributed by atoms with Crippen LogP contribution in [0.15, 0.2) is 6.07 Å². The molecule has 42 heavy (non-hydrogen) atoms. The Hall–Kier alpha value is -1.51. The number of aryl methyl sites for hydroxylation is 1. The normalized spacial score (nSPS) is 12.6. The Kier molecular flexibility index (Phi) is 17.4. The summed E-state index contributed by atoms with van der Waals surface area (Å²) in [7, 11) is 0. The number of hydrogen-bond donors (Lipinski definition) is 1. The summed E-state index contributed by atoms with van der Waals surface area (Å²) in [5, 5.41) is 11.4. The molecule has 244 valence electrons. The van der Waals surface area contributed by atoms with E-state index in [2.05, 4.69) is 75.3 Å². The van der Waals surface area contributed by atoms with E-state index in [1.54, 1.807) is 0 Å². The molecule has 0 saturated carbocycles. The highest BCUT2D eigenvalue weighted by Gasteiger charge is 2.34. The van der Waals surface area contributed by atoms with E-state index in [1.165, 1.54) is 95.5 Å². The highest BCUT2D eigenvalue weighted by molar-refractivity contribution is 5.70. The highest BCUT2D eigenvalue weighted by atomic mass is 16.5. The van der Waals surface area contributed by atoms with Gasteiger partial charge in [0.2, 0.25) is 0 Å². The standard InChI is InChI=1S/C39H70O3/c1-11-12-13-14-15-16-17-18-19-20-21-22-23-24-25-26-29-42-33(40)28-27-31-30-32(37(2,3)4)36(41)35(39(8,9)10)34(31)38(5,6)7/h30,41H,11-29H2,1-10H3. The van der Waals surface area contributed by atoms with Crippen LogP contribution < -0.4 is 0 Å². The number of phenolic OH excluding ortho intramolecular Hbond substituents is 1. The van der Waals surface area contributed by atoms with E-state index in [0.29, 0.717) is 25.2 Å². The van der Waals surface area contributed by atoms with Gasteiger partial charge in [-0.3, -0.25) is 4.79 Å². The third-order valence-electron chi connectivity index (χ3n) is 8.55. The highest BCUT2D eigenvalue weighted by Crippen LogP contribution is 2.46. The predicted molar refractivity (Wildman–Crippen MR) is 183 cm³/mol. The van der Waals surface area contributed by atoms with E-state index >= 15 is 0 Å². The average molecular weight is 587 g/mol. The molecule has 3 heteroatoms. The number of esters is 1. The van der Waals surface area contributed by atoms with Crippen molar-refractivity contribution in [3.05, 3.63) is 28.3 Å². The van der Waals surface area contributed by atoms with Crippen LogP contribution in [-0.4, -0.2) is 17.7 Å². The molecule has 0 aliphatic rings. The van der Waals surface area contributed by atoms with Gasteiger partial charge in [-0.2, -0.15) is 0 Å². The van der Waals surface area contributed by atoms with Crippen molar-refractivity contribution in [3.63, 3.8) is 0 Å². The molecule has 0 aromatic heterocycles. The van der Waals surface area contributed by atoms with Crippen LogP contribution >= 0.6 is 0 Å². The molecule has 1 aromatic rings. The summed E-state index contributed by atoms with van der Waals surface area (Å²) < 4.78 is 5.64. The number of hydrogen-bond acceptors (Lipinski definition) is 3. The summed E-state index contributed by atoms with van der Waals surface area (Å²) >= 11 is 0. The fourth-order valence-electron chi connectivity index (χ4n) is 6.23. The third kappa shape index (κ3) is 14.8. The Labute approximate surface area is 262 Å². The van der Waals surface area contributed by atoms with Crippen LogP contribution in [0.3, 0.4) is 0 Å². The summed E-state index contributed by atoms with van der Waals surface area (Å²) in [6.45, 7) is 22.3. The topological polar surface area (TPSA) is 46.5 Å². The second kappa shape index (κ2) is 19.0. The first kappa shape index (κ1) is 38.5. The quantitative estimate of drug-likeness (QED) is 0.122. The minimum absolute atomic E-state index is 0.112. The number of phenols is 1. The lowest BCUT2D eigenvalue weighted by molar-refractivity contribution is -0.143. The molecule has 0 aliphatic heterocycles. The first-order valence-electron chi connectivity index (χ1n) is 17.7. The fraction of sp³-hybridized carbons (Fsp3) is 0.821. The maximum Gasteiger partial charge on any atom is 0.306 e. The number of aromatic hydroxyl groups is 1. The summed E-state index contributed by atoms with van der Waals surface area (Å²) in [6.07, 6.45) is 22.5. The van der Waals surface area contributed by atoms with Gasteiger partial charge in [-0.1, -0.05) is 172 Å². The SMILES string of the molecule is CCCCCCCCCCCCCCCCCCOC(=O)CCc1cc(C(C)(C)C)c(O)c(C(C)(C)C)c1C(C)(C)C. The number of carbonyl (C=O) groups is 1. The van der Waals surface area contributed by atoms with Crippen molar-refractivity contribution in [1.29, 1.82) is 0 Å². The fourth-order valence-corrected chi connectivity index (χ4v) is 6.23. The van der Waals surface area contributed by atoms with Gasteiger partial charge < -0.3 is 9.84 Å². The zero-order valence-corrected chi connectivity index (χ0v) is 29.8. The van der Waals surface area contributed by atoms with Crippen LogP contribution in [0.25, 0.3) is 0 Å². The van der Waals surface area contributed by atoms with Crippen LogP contribution in [0, 0.1) is 0 Å². The molecule has 0 fully saturated rings. The predicted octanol–water partition coefficient (Wildman–Crippen LogP) is 12.0. The van der Waals surface area contributed by atoms with Crippen LogP contribution in [-0.2, 0) is 32.2 Å². The van der Waals surface area contributed by atoms with E-state index in [4.69, 9.17) is 4.74 Å². The maximum absolute atomic E-state index is 12.7. The van der Waals surface area contributed by atoms with Crippen LogP contribution in [0.5, 0.6) is 5.75 Å². The van der Waals surface area contributed by atoms with Crippen molar-refractivity contribution < 1.29 is 14.6 Å². The molecule has 0 unspecified atom stereocenters. The van der Waals surface area contributed by atoms with E-state index in [0.717, 1.165) is 29.5 Å². The van der Waals surface area contributed by atoms with Crippen LogP contribution in [0.1, 0.15) is 201 Å². The van der Waals surface area contributed by atoms with Gasteiger partial charge in [-0.05, 0) is 45.8 Å². The molecular formula is C39H70O3. The third-order valence-corrected chi connectivity index (χ3v) is 8.55. The van der Waals surface area contributed by atoms with E-state index in [1.807, 2.05) is 0 Å². The molecule has 1 aromatic carbocycles. The van der Waals surface area contributed by atoms with Crippen LogP contribution in [0.2, 0.25) is 0 Å². The zero-order chi connectivity index (χ0) is 31.8. The van der Waals surface area contributed by atoms with Gasteiger partial charge in [-0.15, -0.1) is 0 Å². The van der Waals surface area contributed by atoms with Gasteiger partial charge in [0.05, 0.1) is 6.61 Å². The number of ether oxygens (including phenoxy) is 1.